The van der Waals surface area contributed by atoms with E-state index < -0.39 is 0 Å². The van der Waals surface area contributed by atoms with E-state index in [2.05, 4.69) is 31.2 Å². The van der Waals surface area contributed by atoms with Gasteiger partial charge in [0.25, 0.3) is 0 Å². The summed E-state index contributed by atoms with van der Waals surface area (Å²) in [6.45, 7) is 0. The summed E-state index contributed by atoms with van der Waals surface area (Å²) >= 11 is 11.0. The topological polar surface area (TPSA) is 37.8 Å². The van der Waals surface area contributed by atoms with Crippen molar-refractivity contribution >= 4 is 61.6 Å². The van der Waals surface area contributed by atoms with Gasteiger partial charge in [-0.2, -0.15) is 4.98 Å². The van der Waals surface area contributed by atoms with E-state index in [-0.39, 0.29) is 11.1 Å². The van der Waals surface area contributed by atoms with Crippen molar-refractivity contribution in [3.8, 4) is 0 Å². The van der Waals surface area contributed by atoms with E-state index in [4.69, 9.17) is 11.6 Å². The van der Waals surface area contributed by atoms with Crippen LogP contribution < -0.4 is 5.32 Å². The van der Waals surface area contributed by atoms with Gasteiger partial charge in [-0.1, -0.05) is 0 Å². The number of hydrogen-bond acceptors (Lipinski definition) is 3. The van der Waals surface area contributed by atoms with Crippen molar-refractivity contribution < 1.29 is 4.39 Å². The van der Waals surface area contributed by atoms with Gasteiger partial charge in [0.1, 0.15) is 11.6 Å². The fourth-order valence-electron chi connectivity index (χ4n) is 1.15. The summed E-state index contributed by atoms with van der Waals surface area (Å²) in [6.07, 6.45) is 1.55. The zero-order valence-corrected chi connectivity index (χ0v) is 12.7. The molecule has 1 aromatic heterocycles. The van der Waals surface area contributed by atoms with Crippen LogP contribution in [0.5, 0.6) is 0 Å². The molecule has 2 rings (SSSR count). The molecular formula is C10H5BrClFIN3. The van der Waals surface area contributed by atoms with Crippen LogP contribution in [0.2, 0.25) is 5.28 Å². The van der Waals surface area contributed by atoms with Gasteiger partial charge in [-0.15, -0.1) is 0 Å². The van der Waals surface area contributed by atoms with Gasteiger partial charge < -0.3 is 5.32 Å². The Morgan fingerprint density at radius 3 is 2.88 bits per heavy atom. The molecule has 3 nitrogen and oxygen atoms in total. The highest BCUT2D eigenvalue weighted by atomic mass is 127. The van der Waals surface area contributed by atoms with Crippen LogP contribution in [0.4, 0.5) is 15.9 Å². The molecule has 0 saturated carbocycles. The van der Waals surface area contributed by atoms with Gasteiger partial charge in [-0.3, -0.25) is 0 Å². The van der Waals surface area contributed by atoms with Gasteiger partial charge in [0.15, 0.2) is 0 Å². The first kappa shape index (κ1) is 13.0. The lowest BCUT2D eigenvalue weighted by molar-refractivity contribution is 0.627. The molecule has 0 radical (unpaired) electrons. The normalized spacial score (nSPS) is 10.4. The van der Waals surface area contributed by atoms with Gasteiger partial charge in [0, 0.05) is 9.77 Å². The molecule has 1 heterocycles. The number of hydrogen-bond donors (Lipinski definition) is 1. The van der Waals surface area contributed by atoms with Gasteiger partial charge >= 0.3 is 0 Å². The van der Waals surface area contributed by atoms with Crippen LogP contribution in [0, 0.1) is 9.39 Å². The van der Waals surface area contributed by atoms with E-state index in [0.717, 1.165) is 9.26 Å². The molecule has 0 fully saturated rings. The van der Waals surface area contributed by atoms with Crippen LogP contribution in [0.1, 0.15) is 0 Å². The number of anilines is 2. The lowest BCUT2D eigenvalue weighted by atomic mass is 10.3. The van der Waals surface area contributed by atoms with Crippen molar-refractivity contribution in [2.24, 2.45) is 0 Å². The quantitative estimate of drug-likeness (QED) is 0.570. The molecule has 1 aromatic carbocycles. The minimum Gasteiger partial charge on any atom is -0.338 e. The van der Waals surface area contributed by atoms with E-state index >= 15 is 0 Å². The fourth-order valence-corrected chi connectivity index (χ4v) is 2.19. The third-order valence-corrected chi connectivity index (χ3v) is 3.55. The van der Waals surface area contributed by atoms with Crippen molar-refractivity contribution in [1.29, 1.82) is 0 Å². The molecule has 0 atom stereocenters. The van der Waals surface area contributed by atoms with Crippen LogP contribution >= 0.6 is 50.1 Å². The Bertz CT molecular complexity index is 567. The van der Waals surface area contributed by atoms with Crippen molar-refractivity contribution in [3.63, 3.8) is 0 Å². The Balaban J connectivity index is 2.34. The van der Waals surface area contributed by atoms with Crippen LogP contribution in [-0.4, -0.2) is 9.97 Å². The van der Waals surface area contributed by atoms with Crippen molar-refractivity contribution in [3.05, 3.63) is 43.5 Å². The van der Waals surface area contributed by atoms with E-state index in [1.165, 1.54) is 12.1 Å². The molecule has 7 heteroatoms. The first-order chi connectivity index (χ1) is 8.06. The molecule has 17 heavy (non-hydrogen) atoms. The van der Waals surface area contributed by atoms with Gasteiger partial charge in [0.05, 0.1) is 10.2 Å². The zero-order valence-electron chi connectivity index (χ0n) is 8.22. The van der Waals surface area contributed by atoms with Gasteiger partial charge in [0.2, 0.25) is 5.28 Å². The number of rotatable bonds is 2. The molecule has 0 aliphatic heterocycles. The third kappa shape index (κ3) is 3.26. The summed E-state index contributed by atoms with van der Waals surface area (Å²) in [5.41, 5.74) is 0.752. The summed E-state index contributed by atoms with van der Waals surface area (Å²) < 4.78 is 14.4. The van der Waals surface area contributed by atoms with Crippen LogP contribution in [0.3, 0.4) is 0 Å². The summed E-state index contributed by atoms with van der Waals surface area (Å²) in [7, 11) is 0. The van der Waals surface area contributed by atoms with E-state index in [1.54, 1.807) is 12.3 Å². The average Bonchev–Trinajstić information content (AvgIpc) is 2.27. The highest BCUT2D eigenvalue weighted by molar-refractivity contribution is 14.1. The summed E-state index contributed by atoms with van der Waals surface area (Å²) in [5.74, 6) is 0.259. The zero-order chi connectivity index (χ0) is 12.4. The highest BCUT2D eigenvalue weighted by Crippen LogP contribution is 2.27. The van der Waals surface area contributed by atoms with Gasteiger partial charge in [-0.25, -0.2) is 9.37 Å². The first-order valence-corrected chi connectivity index (χ1v) is 6.71. The largest absolute Gasteiger partial charge is 0.338 e. The minimum absolute atomic E-state index is 0.146. The lowest BCUT2D eigenvalue weighted by Crippen LogP contribution is -1.98. The number of aromatic nitrogens is 2. The average molecular weight is 428 g/mol. The lowest BCUT2D eigenvalue weighted by Gasteiger charge is -2.09. The molecule has 0 aliphatic carbocycles. The Labute approximate surface area is 124 Å². The van der Waals surface area contributed by atoms with Crippen LogP contribution in [0.15, 0.2) is 28.9 Å². The molecule has 0 unspecified atom stereocenters. The second kappa shape index (κ2) is 5.45. The second-order valence-electron chi connectivity index (χ2n) is 3.08. The first-order valence-electron chi connectivity index (χ1n) is 4.46. The van der Waals surface area contributed by atoms with Crippen LogP contribution in [-0.2, 0) is 0 Å². The van der Waals surface area contributed by atoms with E-state index in [1.807, 2.05) is 22.6 Å². The second-order valence-corrected chi connectivity index (χ2v) is 5.44. The molecule has 0 amide bonds. The number of benzene rings is 1. The minimum atomic E-state index is -0.278. The molecule has 0 spiro atoms. The number of halogens is 4. The standard InChI is InChI=1S/C10H5BrClFIN3/c11-6-4-15-10(12)17-9(6)16-8-2-1-5(13)3-7(8)14/h1-4H,(H,15,16,17). The van der Waals surface area contributed by atoms with Crippen molar-refractivity contribution in [2.45, 2.75) is 0 Å². The Morgan fingerprint density at radius 2 is 2.18 bits per heavy atom. The Morgan fingerprint density at radius 1 is 1.41 bits per heavy atom. The Hall–Kier alpha value is -0.470. The molecule has 0 saturated heterocycles. The molecule has 0 bridgehead atoms. The van der Waals surface area contributed by atoms with Gasteiger partial charge in [-0.05, 0) is 68.3 Å². The summed E-state index contributed by atoms with van der Waals surface area (Å²) in [4.78, 5) is 7.85. The number of nitrogens with zero attached hydrogens (tertiary/aromatic N) is 2. The number of nitrogens with one attached hydrogen (secondary N) is 1. The monoisotopic (exact) mass is 427 g/mol. The summed E-state index contributed by atoms with van der Waals surface area (Å²) in [6, 6.07) is 4.44. The SMILES string of the molecule is Fc1ccc(Nc2nc(Cl)ncc2Br)c(I)c1. The van der Waals surface area contributed by atoms with Crippen LogP contribution in [0.25, 0.3) is 0 Å². The van der Waals surface area contributed by atoms with Crippen molar-refractivity contribution in [2.75, 3.05) is 5.32 Å². The van der Waals surface area contributed by atoms with Crippen molar-refractivity contribution in [1.82, 2.24) is 9.97 Å². The maximum absolute atomic E-state index is 12.9. The van der Waals surface area contributed by atoms with E-state index in [0.29, 0.717) is 10.3 Å². The fraction of sp³-hybridized carbons (Fsp3) is 0. The predicted molar refractivity (Wildman–Crippen MR) is 77.1 cm³/mol. The molecule has 2 aromatic rings. The maximum Gasteiger partial charge on any atom is 0.224 e. The Kier molecular flexibility index (Phi) is 4.16. The predicted octanol–water partition coefficient (Wildman–Crippen LogP) is 4.38. The molecular weight excluding hydrogens is 423 g/mol. The van der Waals surface area contributed by atoms with E-state index in [9.17, 15) is 4.39 Å². The molecule has 0 aliphatic rings. The summed E-state index contributed by atoms with van der Waals surface area (Å²) in [5, 5.41) is 3.20. The maximum atomic E-state index is 12.9. The molecule has 88 valence electrons. The highest BCUT2D eigenvalue weighted by Gasteiger charge is 2.07. The molecule has 1 N–H and O–H groups in total. The smallest absolute Gasteiger partial charge is 0.224 e. The third-order valence-electron chi connectivity index (χ3n) is 1.90.